The summed E-state index contributed by atoms with van der Waals surface area (Å²) >= 11 is 3.12. The van der Waals surface area contributed by atoms with Crippen molar-refractivity contribution in [2.75, 3.05) is 13.2 Å². The van der Waals surface area contributed by atoms with Gasteiger partial charge in [0.15, 0.2) is 6.61 Å². The Morgan fingerprint density at radius 1 is 1.04 bits per heavy atom. The summed E-state index contributed by atoms with van der Waals surface area (Å²) in [5, 5.41) is 2.58. The zero-order chi connectivity index (χ0) is 17.5. The molecule has 0 spiro atoms. The van der Waals surface area contributed by atoms with Crippen LogP contribution in [-0.2, 0) is 16.0 Å². The molecule has 0 aliphatic carbocycles. The molecule has 0 heterocycles. The highest BCUT2D eigenvalue weighted by atomic mass is 79.9. The molecular weight excluding hydrogens is 384 g/mol. The van der Waals surface area contributed by atoms with Crippen LogP contribution in [-0.4, -0.2) is 25.0 Å². The number of hydrogen-bond donors (Lipinski definition) is 1. The maximum atomic E-state index is 13.1. The largest absolute Gasteiger partial charge is 0.452 e. The van der Waals surface area contributed by atoms with Gasteiger partial charge in [-0.05, 0) is 58.2 Å². The minimum atomic E-state index is -0.796. The Morgan fingerprint density at radius 2 is 1.71 bits per heavy atom. The summed E-state index contributed by atoms with van der Waals surface area (Å²) in [5.74, 6) is -2.17. The lowest BCUT2D eigenvalue weighted by atomic mass is 10.1. The zero-order valence-corrected chi connectivity index (χ0v) is 14.1. The van der Waals surface area contributed by atoms with Gasteiger partial charge in [0.2, 0.25) is 0 Å². The molecular formula is C17H14BrF2NO3. The van der Waals surface area contributed by atoms with E-state index < -0.39 is 24.3 Å². The number of carbonyl (C=O) groups is 2. The molecule has 2 aromatic rings. The molecule has 24 heavy (non-hydrogen) atoms. The number of amides is 1. The third-order valence-corrected chi connectivity index (χ3v) is 3.82. The molecule has 2 rings (SSSR count). The molecule has 0 saturated carbocycles. The Balaban J connectivity index is 1.75. The maximum Gasteiger partial charge on any atom is 0.339 e. The van der Waals surface area contributed by atoms with Crippen molar-refractivity contribution in [3.8, 4) is 0 Å². The topological polar surface area (TPSA) is 55.4 Å². The van der Waals surface area contributed by atoms with Crippen molar-refractivity contribution in [2.45, 2.75) is 6.42 Å². The van der Waals surface area contributed by atoms with Gasteiger partial charge < -0.3 is 10.1 Å². The molecule has 1 amide bonds. The monoisotopic (exact) mass is 397 g/mol. The molecule has 0 aromatic heterocycles. The molecule has 0 aliphatic rings. The number of ether oxygens (including phenoxy) is 1. The summed E-state index contributed by atoms with van der Waals surface area (Å²) in [4.78, 5) is 23.5. The van der Waals surface area contributed by atoms with Crippen molar-refractivity contribution in [3.63, 3.8) is 0 Å². The predicted molar refractivity (Wildman–Crippen MR) is 87.5 cm³/mol. The van der Waals surface area contributed by atoms with Gasteiger partial charge in [-0.1, -0.05) is 12.1 Å². The first-order chi connectivity index (χ1) is 11.5. The summed E-state index contributed by atoms with van der Waals surface area (Å²) in [6, 6.07) is 9.55. The lowest BCUT2D eigenvalue weighted by molar-refractivity contribution is -0.124. The molecule has 0 fully saturated rings. The molecule has 126 valence electrons. The van der Waals surface area contributed by atoms with E-state index in [1.165, 1.54) is 24.3 Å². The minimum absolute atomic E-state index is 0.00844. The number of nitrogens with one attached hydrogen (secondary N) is 1. The highest BCUT2D eigenvalue weighted by Crippen LogP contribution is 2.18. The predicted octanol–water partition coefficient (Wildman–Crippen LogP) is 3.24. The maximum absolute atomic E-state index is 13.1. The molecule has 0 aliphatic heterocycles. The van der Waals surface area contributed by atoms with E-state index in [0.29, 0.717) is 17.4 Å². The average molecular weight is 398 g/mol. The van der Waals surface area contributed by atoms with E-state index >= 15 is 0 Å². The van der Waals surface area contributed by atoms with Gasteiger partial charge in [-0.2, -0.15) is 0 Å². The van der Waals surface area contributed by atoms with Crippen LogP contribution in [0.2, 0.25) is 0 Å². The van der Waals surface area contributed by atoms with E-state index in [0.717, 1.165) is 11.6 Å². The molecule has 1 N–H and O–H groups in total. The van der Waals surface area contributed by atoms with Gasteiger partial charge in [-0.25, -0.2) is 13.6 Å². The second-order valence-corrected chi connectivity index (χ2v) is 5.78. The fourth-order valence-electron chi connectivity index (χ4n) is 1.91. The van der Waals surface area contributed by atoms with Crippen LogP contribution < -0.4 is 5.32 Å². The van der Waals surface area contributed by atoms with Crippen molar-refractivity contribution >= 4 is 27.8 Å². The van der Waals surface area contributed by atoms with Gasteiger partial charge in [-0.15, -0.1) is 0 Å². The molecule has 0 radical (unpaired) electrons. The first kappa shape index (κ1) is 18.1. The molecule has 7 heteroatoms. The van der Waals surface area contributed by atoms with E-state index in [2.05, 4.69) is 21.2 Å². The van der Waals surface area contributed by atoms with Crippen molar-refractivity contribution in [3.05, 3.63) is 69.7 Å². The Hall–Kier alpha value is -2.28. The molecule has 0 unspecified atom stereocenters. The number of esters is 1. The average Bonchev–Trinajstić information content (AvgIpc) is 2.56. The summed E-state index contributed by atoms with van der Waals surface area (Å²) < 4.78 is 31.1. The van der Waals surface area contributed by atoms with Gasteiger partial charge in [0.25, 0.3) is 5.91 Å². The Morgan fingerprint density at radius 3 is 2.42 bits per heavy atom. The van der Waals surface area contributed by atoms with Crippen molar-refractivity contribution < 1.29 is 23.1 Å². The molecule has 0 bridgehead atoms. The smallest absolute Gasteiger partial charge is 0.339 e. The van der Waals surface area contributed by atoms with Crippen LogP contribution in [0.5, 0.6) is 0 Å². The fourth-order valence-corrected chi connectivity index (χ4v) is 2.32. The second-order valence-electron chi connectivity index (χ2n) is 4.93. The van der Waals surface area contributed by atoms with Crippen LogP contribution in [0.3, 0.4) is 0 Å². The van der Waals surface area contributed by atoms with Gasteiger partial charge in [0.05, 0.1) is 5.56 Å². The normalized spacial score (nSPS) is 10.3. The number of rotatable bonds is 6. The number of hydrogen-bond acceptors (Lipinski definition) is 3. The van der Waals surface area contributed by atoms with Crippen molar-refractivity contribution in [1.29, 1.82) is 0 Å². The van der Waals surface area contributed by atoms with Crippen LogP contribution in [0.4, 0.5) is 8.78 Å². The fraction of sp³-hybridized carbons (Fsp3) is 0.176. The third-order valence-electron chi connectivity index (χ3n) is 3.13. The van der Waals surface area contributed by atoms with Crippen LogP contribution in [0.25, 0.3) is 0 Å². The van der Waals surface area contributed by atoms with Crippen LogP contribution in [0, 0.1) is 11.6 Å². The lowest BCUT2D eigenvalue weighted by Gasteiger charge is -2.08. The summed E-state index contributed by atoms with van der Waals surface area (Å²) in [6.45, 7) is -0.142. The minimum Gasteiger partial charge on any atom is -0.452 e. The van der Waals surface area contributed by atoms with E-state index in [9.17, 15) is 18.4 Å². The van der Waals surface area contributed by atoms with Gasteiger partial charge in [0, 0.05) is 11.0 Å². The SMILES string of the molecule is O=C(COC(=O)c1cc(F)ccc1Br)NCCc1ccc(F)cc1. The first-order valence-electron chi connectivity index (χ1n) is 7.09. The van der Waals surface area contributed by atoms with Gasteiger partial charge in [0.1, 0.15) is 11.6 Å². The Kier molecular flexibility index (Phi) is 6.43. The lowest BCUT2D eigenvalue weighted by Crippen LogP contribution is -2.30. The molecule has 0 atom stereocenters. The van der Waals surface area contributed by atoms with E-state index in [1.807, 2.05) is 0 Å². The van der Waals surface area contributed by atoms with Crippen molar-refractivity contribution in [1.82, 2.24) is 5.32 Å². The zero-order valence-electron chi connectivity index (χ0n) is 12.5. The van der Waals surface area contributed by atoms with Crippen LogP contribution in [0.1, 0.15) is 15.9 Å². The highest BCUT2D eigenvalue weighted by molar-refractivity contribution is 9.10. The third kappa shape index (κ3) is 5.42. The van der Waals surface area contributed by atoms with Crippen molar-refractivity contribution in [2.24, 2.45) is 0 Å². The standard InChI is InChI=1S/C17H14BrF2NO3/c18-15-6-5-13(20)9-14(15)17(23)24-10-16(22)21-8-7-11-1-3-12(19)4-2-11/h1-6,9H,7-8,10H2,(H,21,22). The van der Waals surface area contributed by atoms with E-state index in [4.69, 9.17) is 4.74 Å². The number of halogens is 3. The quantitative estimate of drug-likeness (QED) is 0.761. The number of benzene rings is 2. The summed E-state index contributed by atoms with van der Waals surface area (Å²) in [5.41, 5.74) is 0.881. The summed E-state index contributed by atoms with van der Waals surface area (Å²) in [6.07, 6.45) is 0.523. The first-order valence-corrected chi connectivity index (χ1v) is 7.88. The highest BCUT2D eigenvalue weighted by Gasteiger charge is 2.14. The van der Waals surface area contributed by atoms with E-state index in [-0.39, 0.29) is 11.4 Å². The van der Waals surface area contributed by atoms with Gasteiger partial charge >= 0.3 is 5.97 Å². The molecule has 2 aromatic carbocycles. The van der Waals surface area contributed by atoms with Crippen LogP contribution in [0.15, 0.2) is 46.9 Å². The van der Waals surface area contributed by atoms with E-state index in [1.54, 1.807) is 12.1 Å². The Labute approximate surface area is 145 Å². The molecule has 0 saturated heterocycles. The second kappa shape index (κ2) is 8.54. The Bertz CT molecular complexity index is 735. The van der Waals surface area contributed by atoms with Gasteiger partial charge in [-0.3, -0.25) is 4.79 Å². The number of carbonyl (C=O) groups excluding carboxylic acids is 2. The summed E-state index contributed by atoms with van der Waals surface area (Å²) in [7, 11) is 0. The van der Waals surface area contributed by atoms with Crippen LogP contribution >= 0.6 is 15.9 Å². The molecule has 4 nitrogen and oxygen atoms in total.